The van der Waals surface area contributed by atoms with Crippen molar-refractivity contribution in [1.82, 2.24) is 0 Å². The van der Waals surface area contributed by atoms with E-state index in [4.69, 9.17) is 28.4 Å². The second-order valence-electron chi connectivity index (χ2n) is 28.2. The fourth-order valence-corrected chi connectivity index (χ4v) is 15.9. The Hall–Kier alpha value is -3.18. The molecule has 0 saturated heterocycles. The number of esters is 4. The summed E-state index contributed by atoms with van der Waals surface area (Å²) < 4.78 is 34.0. The molecular formula is C73H128O12. The zero-order valence-electron chi connectivity index (χ0n) is 55.9. The van der Waals surface area contributed by atoms with Crippen LogP contribution in [-0.2, 0) is 52.4 Å². The molecule has 4 fully saturated rings. The maximum atomic E-state index is 13.3. The highest BCUT2D eigenvalue weighted by Gasteiger charge is 2.61. The Morgan fingerprint density at radius 3 is 1.32 bits per heavy atom. The fourth-order valence-electron chi connectivity index (χ4n) is 15.9. The van der Waals surface area contributed by atoms with Crippen molar-refractivity contribution in [2.24, 2.45) is 52.3 Å². The van der Waals surface area contributed by atoms with Gasteiger partial charge in [0.1, 0.15) is 25.1 Å². The third-order valence-electron chi connectivity index (χ3n) is 21.4. The van der Waals surface area contributed by atoms with Gasteiger partial charge in [0.05, 0.1) is 11.8 Å². The van der Waals surface area contributed by atoms with E-state index in [9.17, 15) is 28.8 Å². The van der Waals surface area contributed by atoms with Crippen LogP contribution in [-0.4, -0.2) is 67.5 Å². The van der Waals surface area contributed by atoms with Gasteiger partial charge in [-0.05, 0) is 125 Å². The lowest BCUT2D eigenvalue weighted by Crippen LogP contribution is -2.54. The molecule has 0 aromatic heterocycles. The Bertz CT molecular complexity index is 1820. The summed E-state index contributed by atoms with van der Waals surface area (Å²) in [5.41, 5.74) is 0.374. The van der Waals surface area contributed by atoms with Crippen molar-refractivity contribution in [3.05, 3.63) is 0 Å². The molecule has 4 aliphatic rings. The number of Topliss-reactive ketones (excluding diaryl/α,β-unsaturated/α-hetero) is 1. The number of unbranched alkanes of at least 4 members (excludes halogenated alkanes) is 29. The highest BCUT2D eigenvalue weighted by molar-refractivity contribution is 5.79. The minimum atomic E-state index is -1.04. The maximum absolute atomic E-state index is 13.3. The first-order valence-electron chi connectivity index (χ1n) is 36.1. The number of carbonyl (C=O) groups excluding carboxylic acids is 6. The molecule has 4 saturated carbocycles. The second-order valence-corrected chi connectivity index (χ2v) is 28.2. The van der Waals surface area contributed by atoms with Crippen LogP contribution in [0.5, 0.6) is 0 Å². The summed E-state index contributed by atoms with van der Waals surface area (Å²) in [5.74, 6) is 0.985. The molecule has 0 aromatic carbocycles. The molecule has 0 bridgehead atoms. The minimum absolute atomic E-state index is 0.131. The van der Waals surface area contributed by atoms with Crippen molar-refractivity contribution in [1.29, 1.82) is 0 Å². The maximum Gasteiger partial charge on any atom is 0.511 e. The molecule has 0 radical (unpaired) electrons. The van der Waals surface area contributed by atoms with E-state index in [1.165, 1.54) is 148 Å². The van der Waals surface area contributed by atoms with Gasteiger partial charge in [-0.15, -0.1) is 0 Å². The summed E-state index contributed by atoms with van der Waals surface area (Å²) in [5, 5.41) is 0. The van der Waals surface area contributed by atoms with Gasteiger partial charge in [-0.1, -0.05) is 234 Å². The lowest BCUT2D eigenvalue weighted by Gasteiger charge is -2.61. The quantitative estimate of drug-likeness (QED) is 0.0246. The summed E-state index contributed by atoms with van der Waals surface area (Å²) in [7, 11) is 0. The lowest BCUT2D eigenvalue weighted by molar-refractivity contribution is -0.175. The Balaban J connectivity index is 1.06. The Morgan fingerprint density at radius 1 is 0.447 bits per heavy atom. The molecule has 0 amide bonds. The standard InChI is InChI=1S/C73H128O12/c1-9-11-13-15-17-19-21-23-25-27-29-35-39-43-67(75)80-54-62(55-81-68(76)44-40-36-30-28-26-24-22-20-18-16-14-12-10-2)84-70(78)57(4)42-38-34-32-31-33-37-41-56(3)69(77)82-59(6)83-71(79)85-61-49-51-72(7)60(53-61)45-46-63-65-48-47-64(58(5)74)73(65,8)52-50-66(63)72/h56-57,59-66H,9-55H2,1-8H3/t56?,57?,59?,60-,61-,63-,64+,65-,66-,72-,73+/m0/s1. The van der Waals surface area contributed by atoms with Crippen molar-refractivity contribution in [3.8, 4) is 0 Å². The third-order valence-corrected chi connectivity index (χ3v) is 21.4. The molecule has 492 valence electrons. The number of ether oxygens (including phenoxy) is 6. The van der Waals surface area contributed by atoms with E-state index >= 15 is 0 Å². The van der Waals surface area contributed by atoms with Gasteiger partial charge < -0.3 is 28.4 Å². The van der Waals surface area contributed by atoms with Crippen LogP contribution >= 0.6 is 0 Å². The smallest absolute Gasteiger partial charge is 0.462 e. The van der Waals surface area contributed by atoms with Crippen LogP contribution in [0.4, 0.5) is 4.79 Å². The number of hydrogen-bond donors (Lipinski definition) is 0. The molecule has 0 heterocycles. The molecular weight excluding hydrogens is 1070 g/mol. The first kappa shape index (κ1) is 74.3. The van der Waals surface area contributed by atoms with E-state index in [-0.39, 0.29) is 71.8 Å². The van der Waals surface area contributed by atoms with E-state index < -0.39 is 18.5 Å². The molecule has 12 heteroatoms. The van der Waals surface area contributed by atoms with E-state index in [1.807, 2.05) is 13.8 Å². The average Bonchev–Trinajstić information content (AvgIpc) is 1.80. The first-order valence-corrected chi connectivity index (χ1v) is 36.1. The summed E-state index contributed by atoms with van der Waals surface area (Å²) in [6, 6.07) is 0. The molecule has 4 rings (SSSR count). The first-order chi connectivity index (χ1) is 41.0. The van der Waals surface area contributed by atoms with Gasteiger partial charge in [0.15, 0.2) is 6.10 Å². The van der Waals surface area contributed by atoms with Gasteiger partial charge in [0.25, 0.3) is 0 Å². The van der Waals surface area contributed by atoms with Crippen molar-refractivity contribution in [2.45, 2.75) is 363 Å². The Morgan fingerprint density at radius 2 is 0.859 bits per heavy atom. The molecule has 4 aliphatic carbocycles. The summed E-state index contributed by atoms with van der Waals surface area (Å²) >= 11 is 0. The number of fused-ring (bicyclic) bond motifs is 5. The molecule has 12 nitrogen and oxygen atoms in total. The number of rotatable bonds is 48. The van der Waals surface area contributed by atoms with E-state index in [0.29, 0.717) is 55.1 Å². The molecule has 11 atom stereocenters. The number of hydrogen-bond acceptors (Lipinski definition) is 12. The highest BCUT2D eigenvalue weighted by atomic mass is 16.8. The topological polar surface area (TPSA) is 158 Å². The third kappa shape index (κ3) is 28.0. The number of ketones is 1. The fraction of sp³-hybridized carbons (Fsp3) is 0.918. The lowest BCUT2D eigenvalue weighted by atomic mass is 9.44. The number of carbonyl (C=O) groups is 6. The van der Waals surface area contributed by atoms with Crippen LogP contribution in [0.3, 0.4) is 0 Å². The molecule has 85 heavy (non-hydrogen) atoms. The minimum Gasteiger partial charge on any atom is -0.462 e. The van der Waals surface area contributed by atoms with Gasteiger partial charge in [0, 0.05) is 25.7 Å². The van der Waals surface area contributed by atoms with Gasteiger partial charge >= 0.3 is 30.0 Å². The van der Waals surface area contributed by atoms with E-state index in [2.05, 4.69) is 27.7 Å². The van der Waals surface area contributed by atoms with Crippen LogP contribution in [0, 0.1) is 52.3 Å². The van der Waals surface area contributed by atoms with E-state index in [0.717, 1.165) is 116 Å². The van der Waals surface area contributed by atoms with Crippen LogP contribution in [0.25, 0.3) is 0 Å². The molecule has 0 N–H and O–H groups in total. The summed E-state index contributed by atoms with van der Waals surface area (Å²) in [6.45, 7) is 16.2. The van der Waals surface area contributed by atoms with Gasteiger partial charge in [-0.25, -0.2) is 4.79 Å². The highest BCUT2D eigenvalue weighted by Crippen LogP contribution is 2.67. The van der Waals surface area contributed by atoms with Gasteiger partial charge in [0.2, 0.25) is 6.29 Å². The molecule has 3 unspecified atom stereocenters. The average molecular weight is 1200 g/mol. The van der Waals surface area contributed by atoms with Crippen LogP contribution < -0.4 is 0 Å². The van der Waals surface area contributed by atoms with Crippen LogP contribution in [0.15, 0.2) is 0 Å². The second kappa shape index (κ2) is 42.7. The summed E-state index contributed by atoms with van der Waals surface area (Å²) in [6.07, 6.45) is 46.3. The van der Waals surface area contributed by atoms with E-state index in [1.54, 1.807) is 13.8 Å². The predicted molar refractivity (Wildman–Crippen MR) is 340 cm³/mol. The van der Waals surface area contributed by atoms with Gasteiger partial charge in [-0.3, -0.25) is 24.0 Å². The van der Waals surface area contributed by atoms with Gasteiger partial charge in [-0.2, -0.15) is 0 Å². The Labute approximate surface area is 519 Å². The summed E-state index contributed by atoms with van der Waals surface area (Å²) in [4.78, 5) is 77.5. The molecule has 0 aromatic rings. The molecule has 0 spiro atoms. The van der Waals surface area contributed by atoms with Crippen LogP contribution in [0.2, 0.25) is 0 Å². The van der Waals surface area contributed by atoms with Crippen molar-refractivity contribution in [2.75, 3.05) is 13.2 Å². The van der Waals surface area contributed by atoms with Crippen molar-refractivity contribution < 1.29 is 57.2 Å². The van der Waals surface area contributed by atoms with Crippen molar-refractivity contribution >= 4 is 35.8 Å². The SMILES string of the molecule is CCCCCCCCCCCCCCCC(=O)OCC(COC(=O)CCCCCCCCCCCCCCC)OC(=O)C(C)CCCCCCCCC(C)C(=O)OC(C)OC(=O)O[C@H]1CC[C@@]2(C)[C@@H](CC[C@@H]3[C@@H]2CC[C@]2(C)[C@@H](C(C)=O)CC[C@@H]32)C1. The largest absolute Gasteiger partial charge is 0.511 e. The monoisotopic (exact) mass is 1200 g/mol. The normalized spacial score (nSPS) is 24.5. The predicted octanol–water partition coefficient (Wildman–Crippen LogP) is 20.0. The van der Waals surface area contributed by atoms with Crippen molar-refractivity contribution in [3.63, 3.8) is 0 Å². The Kier molecular flexibility index (Phi) is 37.3. The zero-order chi connectivity index (χ0) is 61.7. The zero-order valence-corrected chi connectivity index (χ0v) is 55.9. The van der Waals surface area contributed by atoms with Crippen LogP contribution in [0.1, 0.15) is 344 Å². The molecule has 0 aliphatic heterocycles.